The quantitative estimate of drug-likeness (QED) is 0.724. The summed E-state index contributed by atoms with van der Waals surface area (Å²) in [5.74, 6) is 0.593. The molecule has 1 N–H and O–H groups in total. The normalized spacial score (nSPS) is 11.2. The van der Waals surface area contributed by atoms with Crippen molar-refractivity contribution >= 4 is 32.4 Å². The van der Waals surface area contributed by atoms with Crippen LogP contribution in [0.4, 0.5) is 10.8 Å². The van der Waals surface area contributed by atoms with E-state index in [9.17, 15) is 5.11 Å². The molecule has 0 aliphatic heterocycles. The van der Waals surface area contributed by atoms with Gasteiger partial charge < -0.3 is 9.84 Å². The Morgan fingerprint density at radius 2 is 2.00 bits per heavy atom. The van der Waals surface area contributed by atoms with Crippen molar-refractivity contribution < 1.29 is 9.84 Å². The molecule has 100 valence electrons. The summed E-state index contributed by atoms with van der Waals surface area (Å²) in [6.07, 6.45) is 0. The lowest BCUT2D eigenvalue weighted by atomic mass is 10.3. The molecule has 0 atom stereocenters. The van der Waals surface area contributed by atoms with Crippen LogP contribution in [0.5, 0.6) is 11.5 Å². The topological polar surface area (TPSA) is 67.1 Å². The van der Waals surface area contributed by atoms with Gasteiger partial charge in [0.2, 0.25) is 5.13 Å². The third-order valence-electron chi connectivity index (χ3n) is 2.71. The van der Waals surface area contributed by atoms with Crippen molar-refractivity contribution in [3.63, 3.8) is 0 Å². The van der Waals surface area contributed by atoms with Crippen molar-refractivity contribution in [2.45, 2.75) is 0 Å². The first kappa shape index (κ1) is 12.6. The monoisotopic (exact) mass is 285 g/mol. The van der Waals surface area contributed by atoms with Gasteiger partial charge in [-0.25, -0.2) is 4.98 Å². The van der Waals surface area contributed by atoms with E-state index < -0.39 is 0 Å². The highest BCUT2D eigenvalue weighted by molar-refractivity contribution is 7.21. The number of thiazole rings is 1. The summed E-state index contributed by atoms with van der Waals surface area (Å²) in [5.41, 5.74) is 1.27. The Morgan fingerprint density at radius 3 is 2.75 bits per heavy atom. The van der Waals surface area contributed by atoms with Crippen LogP contribution in [0, 0.1) is 0 Å². The molecule has 0 aliphatic carbocycles. The van der Waals surface area contributed by atoms with Gasteiger partial charge in [-0.15, -0.1) is 10.2 Å². The summed E-state index contributed by atoms with van der Waals surface area (Å²) < 4.78 is 6.07. The van der Waals surface area contributed by atoms with E-state index >= 15 is 0 Å². The zero-order valence-electron chi connectivity index (χ0n) is 10.6. The number of nitrogens with zero attached hydrogens (tertiary/aromatic N) is 3. The fourth-order valence-electron chi connectivity index (χ4n) is 1.71. The van der Waals surface area contributed by atoms with Crippen LogP contribution in [-0.2, 0) is 0 Å². The molecule has 3 rings (SSSR count). The molecule has 0 spiro atoms. The maximum absolute atomic E-state index is 9.79. The second-order valence-electron chi connectivity index (χ2n) is 4.02. The molecule has 3 aromatic rings. The zero-order valence-corrected chi connectivity index (χ0v) is 11.5. The van der Waals surface area contributed by atoms with Gasteiger partial charge in [-0.2, -0.15) is 0 Å². The van der Waals surface area contributed by atoms with Gasteiger partial charge in [0.25, 0.3) is 0 Å². The summed E-state index contributed by atoms with van der Waals surface area (Å²) in [6, 6.07) is 12.6. The van der Waals surface area contributed by atoms with Crippen molar-refractivity contribution in [1.29, 1.82) is 0 Å². The number of phenols is 1. The van der Waals surface area contributed by atoms with Crippen molar-refractivity contribution in [3.8, 4) is 11.5 Å². The van der Waals surface area contributed by atoms with E-state index in [-0.39, 0.29) is 5.75 Å². The van der Waals surface area contributed by atoms with Crippen LogP contribution in [0.2, 0.25) is 0 Å². The van der Waals surface area contributed by atoms with Crippen molar-refractivity contribution in [3.05, 3.63) is 42.5 Å². The molecule has 0 bridgehead atoms. The number of rotatable bonds is 3. The molecule has 0 radical (unpaired) electrons. The van der Waals surface area contributed by atoms with E-state index in [1.54, 1.807) is 12.1 Å². The first-order valence-corrected chi connectivity index (χ1v) is 6.72. The van der Waals surface area contributed by atoms with Crippen LogP contribution < -0.4 is 4.74 Å². The van der Waals surface area contributed by atoms with Gasteiger partial charge in [0, 0.05) is 6.07 Å². The van der Waals surface area contributed by atoms with Gasteiger partial charge in [-0.3, -0.25) is 0 Å². The minimum absolute atomic E-state index is 0.0224. The van der Waals surface area contributed by atoms with Gasteiger partial charge in [0.05, 0.1) is 17.3 Å². The van der Waals surface area contributed by atoms with Gasteiger partial charge >= 0.3 is 0 Å². The lowest BCUT2D eigenvalue weighted by Crippen LogP contribution is -1.80. The van der Waals surface area contributed by atoms with Crippen LogP contribution in [-0.4, -0.2) is 17.2 Å². The Hall–Kier alpha value is -2.47. The zero-order chi connectivity index (χ0) is 13.9. The number of aromatic hydroxyl groups is 1. The maximum Gasteiger partial charge on any atom is 0.231 e. The number of phenolic OH excluding ortho intramolecular Hbond substituents is 1. The SMILES string of the molecule is COc1ccc(N=Nc2nc3ccccc3s2)c(O)c1. The summed E-state index contributed by atoms with van der Waals surface area (Å²) in [6.45, 7) is 0. The van der Waals surface area contributed by atoms with E-state index in [1.807, 2.05) is 24.3 Å². The number of aromatic nitrogens is 1. The van der Waals surface area contributed by atoms with Gasteiger partial charge in [0.1, 0.15) is 17.2 Å². The minimum Gasteiger partial charge on any atom is -0.505 e. The third kappa shape index (κ3) is 2.46. The third-order valence-corrected chi connectivity index (χ3v) is 3.63. The van der Waals surface area contributed by atoms with Crippen molar-refractivity contribution in [1.82, 2.24) is 4.98 Å². The summed E-state index contributed by atoms with van der Waals surface area (Å²) in [7, 11) is 1.54. The van der Waals surface area contributed by atoms with Crippen LogP contribution in [0.15, 0.2) is 52.7 Å². The van der Waals surface area contributed by atoms with E-state index in [1.165, 1.54) is 24.5 Å². The molecule has 2 aromatic carbocycles. The van der Waals surface area contributed by atoms with E-state index in [2.05, 4.69) is 15.2 Å². The van der Waals surface area contributed by atoms with Gasteiger partial charge in [-0.1, -0.05) is 23.5 Å². The molecule has 0 saturated heterocycles. The molecule has 0 saturated carbocycles. The molecule has 1 aromatic heterocycles. The van der Waals surface area contributed by atoms with E-state index in [0.717, 1.165) is 10.2 Å². The van der Waals surface area contributed by atoms with Gasteiger partial charge in [-0.05, 0) is 24.3 Å². The second-order valence-corrected chi connectivity index (χ2v) is 5.03. The fraction of sp³-hybridized carbons (Fsp3) is 0.0714. The van der Waals surface area contributed by atoms with Gasteiger partial charge in [0.15, 0.2) is 0 Å². The smallest absolute Gasteiger partial charge is 0.231 e. The summed E-state index contributed by atoms with van der Waals surface area (Å²) >= 11 is 1.45. The Kier molecular flexibility index (Phi) is 3.30. The Morgan fingerprint density at radius 1 is 1.15 bits per heavy atom. The molecular formula is C14H11N3O2S. The van der Waals surface area contributed by atoms with E-state index in [0.29, 0.717) is 16.6 Å². The molecule has 1 heterocycles. The lowest BCUT2D eigenvalue weighted by Gasteiger charge is -2.01. The average Bonchev–Trinajstić information content (AvgIpc) is 2.88. The number of methoxy groups -OCH3 is 1. The molecule has 0 fully saturated rings. The standard InChI is InChI=1S/C14H11N3O2S/c1-19-9-6-7-10(12(18)8-9)16-17-14-15-11-4-2-3-5-13(11)20-14/h2-8,18H,1H3. The molecule has 0 amide bonds. The fourth-order valence-corrected chi connectivity index (χ4v) is 2.50. The molecule has 0 aliphatic rings. The summed E-state index contributed by atoms with van der Waals surface area (Å²) in [5, 5.41) is 18.4. The number of azo groups is 1. The number of para-hydroxylation sites is 1. The predicted octanol–water partition coefficient (Wildman–Crippen LogP) is 4.43. The first-order chi connectivity index (χ1) is 9.76. The van der Waals surface area contributed by atoms with Crippen LogP contribution >= 0.6 is 11.3 Å². The molecule has 6 heteroatoms. The van der Waals surface area contributed by atoms with E-state index in [4.69, 9.17) is 4.74 Å². The first-order valence-electron chi connectivity index (χ1n) is 5.90. The maximum atomic E-state index is 9.79. The van der Waals surface area contributed by atoms with Crippen LogP contribution in [0.25, 0.3) is 10.2 Å². The number of ether oxygens (including phenoxy) is 1. The highest BCUT2D eigenvalue weighted by Gasteiger charge is 2.04. The Labute approximate surface area is 119 Å². The minimum atomic E-state index is 0.0224. The molecule has 0 unspecified atom stereocenters. The van der Waals surface area contributed by atoms with Crippen LogP contribution in [0.1, 0.15) is 0 Å². The number of hydrogen-bond donors (Lipinski definition) is 1. The lowest BCUT2D eigenvalue weighted by molar-refractivity contribution is 0.408. The highest BCUT2D eigenvalue weighted by atomic mass is 32.1. The average molecular weight is 285 g/mol. The number of hydrogen-bond acceptors (Lipinski definition) is 6. The Bertz CT molecular complexity index is 750. The number of benzene rings is 2. The molecule has 20 heavy (non-hydrogen) atoms. The number of fused-ring (bicyclic) bond motifs is 1. The summed E-state index contributed by atoms with van der Waals surface area (Å²) in [4.78, 5) is 4.34. The molecular weight excluding hydrogens is 274 g/mol. The Balaban J connectivity index is 1.89. The van der Waals surface area contributed by atoms with Crippen LogP contribution in [0.3, 0.4) is 0 Å². The second kappa shape index (κ2) is 5.26. The highest BCUT2D eigenvalue weighted by Crippen LogP contribution is 2.33. The molecule has 5 nitrogen and oxygen atoms in total. The largest absolute Gasteiger partial charge is 0.505 e. The predicted molar refractivity (Wildman–Crippen MR) is 78.5 cm³/mol. The van der Waals surface area contributed by atoms with Crippen molar-refractivity contribution in [2.24, 2.45) is 10.2 Å². The van der Waals surface area contributed by atoms with Crippen molar-refractivity contribution in [2.75, 3.05) is 7.11 Å².